The molecule has 0 unspecified atom stereocenters. The highest BCUT2D eigenvalue weighted by Gasteiger charge is 2.18. The third-order valence-electron chi connectivity index (χ3n) is 2.85. The van der Waals surface area contributed by atoms with Gasteiger partial charge in [-0.15, -0.1) is 11.3 Å². The Kier molecular flexibility index (Phi) is 4.49. The number of hydrogen-bond acceptors (Lipinski definition) is 3. The van der Waals surface area contributed by atoms with Crippen molar-refractivity contribution in [3.05, 3.63) is 54.4 Å². The predicted molar refractivity (Wildman–Crippen MR) is 88.1 cm³/mol. The van der Waals surface area contributed by atoms with E-state index in [4.69, 9.17) is 11.6 Å². The van der Waals surface area contributed by atoms with Crippen LogP contribution < -0.4 is 14.8 Å². The highest BCUT2D eigenvalue weighted by atomic mass is 35.5. The molecule has 3 nitrogen and oxygen atoms in total. The van der Waals surface area contributed by atoms with Crippen LogP contribution in [0.25, 0.3) is 12.2 Å². The molecule has 110 valence electrons. The van der Waals surface area contributed by atoms with Crippen molar-refractivity contribution in [2.75, 3.05) is 0 Å². The quantitative estimate of drug-likeness (QED) is 0.923. The Bertz CT molecular complexity index is 823. The van der Waals surface area contributed by atoms with Crippen LogP contribution in [0.5, 0.6) is 0 Å². The zero-order chi connectivity index (χ0) is 15.6. The number of aromatic amines is 1. The minimum absolute atomic E-state index is 0.0157. The number of thiazole rings is 1. The zero-order valence-electron chi connectivity index (χ0n) is 12.1. The van der Waals surface area contributed by atoms with Crippen LogP contribution >= 0.6 is 22.9 Å². The van der Waals surface area contributed by atoms with Crippen LogP contribution in [-0.2, 0) is 4.79 Å². The van der Waals surface area contributed by atoms with Crippen LogP contribution in [0, 0.1) is 5.41 Å². The monoisotopic (exact) mass is 321 g/mol. The summed E-state index contributed by atoms with van der Waals surface area (Å²) in [6.07, 6.45) is 3.27. The van der Waals surface area contributed by atoms with E-state index >= 15 is 0 Å². The number of rotatable bonds is 2. The van der Waals surface area contributed by atoms with Gasteiger partial charge < -0.3 is 4.98 Å². The summed E-state index contributed by atoms with van der Waals surface area (Å²) in [5.74, 6) is -0.0157. The molecule has 0 saturated carbocycles. The molecule has 0 spiro atoms. The molecule has 0 atom stereocenters. The van der Waals surface area contributed by atoms with Crippen molar-refractivity contribution in [2.45, 2.75) is 20.8 Å². The number of Topliss-reactive ketones (excluding diaryl/α,β-unsaturated/α-hetero) is 1. The van der Waals surface area contributed by atoms with Gasteiger partial charge in [0.1, 0.15) is 0 Å². The average molecular weight is 322 g/mol. The van der Waals surface area contributed by atoms with Gasteiger partial charge in [0.05, 0.1) is 9.20 Å². The molecule has 0 aliphatic carbocycles. The highest BCUT2D eigenvalue weighted by molar-refractivity contribution is 7.07. The van der Waals surface area contributed by atoms with E-state index in [0.717, 1.165) is 5.56 Å². The lowest BCUT2D eigenvalue weighted by atomic mass is 9.91. The van der Waals surface area contributed by atoms with Crippen LogP contribution in [0.15, 0.2) is 29.1 Å². The molecule has 0 radical (unpaired) electrons. The molecule has 0 bridgehead atoms. The normalized spacial score (nSPS) is 13.7. The van der Waals surface area contributed by atoms with Gasteiger partial charge in [0, 0.05) is 16.5 Å². The number of ketones is 1. The number of hydrogen-bond donors (Lipinski definition) is 1. The van der Waals surface area contributed by atoms with Crippen LogP contribution in [-0.4, -0.2) is 10.8 Å². The fraction of sp³-hybridized carbons (Fsp3) is 0.250. The molecule has 0 saturated heterocycles. The molecular weight excluding hydrogens is 306 g/mol. The summed E-state index contributed by atoms with van der Waals surface area (Å²) in [6, 6.07) is 7.22. The molecule has 0 fully saturated rings. The minimum atomic E-state index is -0.457. The Morgan fingerprint density at radius 1 is 1.24 bits per heavy atom. The third-order valence-corrected chi connectivity index (χ3v) is 4.06. The fourth-order valence-corrected chi connectivity index (χ4v) is 2.58. The van der Waals surface area contributed by atoms with Crippen LogP contribution in [0.3, 0.4) is 0 Å². The largest absolute Gasteiger partial charge is 0.313 e. The van der Waals surface area contributed by atoms with E-state index in [9.17, 15) is 9.59 Å². The Labute approximate surface area is 131 Å². The van der Waals surface area contributed by atoms with Gasteiger partial charge in [-0.2, -0.15) is 0 Å². The second-order valence-electron chi connectivity index (χ2n) is 5.74. The molecule has 5 heteroatoms. The highest BCUT2D eigenvalue weighted by Crippen LogP contribution is 2.14. The predicted octanol–water partition coefficient (Wildman–Crippen LogP) is 2.31. The summed E-state index contributed by atoms with van der Waals surface area (Å²) in [6.45, 7) is 5.54. The van der Waals surface area contributed by atoms with Gasteiger partial charge in [-0.1, -0.05) is 44.5 Å². The van der Waals surface area contributed by atoms with Crippen molar-refractivity contribution < 1.29 is 4.79 Å². The van der Waals surface area contributed by atoms with Gasteiger partial charge in [-0.05, 0) is 23.8 Å². The number of aromatic nitrogens is 1. The van der Waals surface area contributed by atoms with E-state index in [-0.39, 0.29) is 11.3 Å². The van der Waals surface area contributed by atoms with Gasteiger partial charge in [-0.25, -0.2) is 0 Å². The molecule has 2 aromatic rings. The SMILES string of the molecule is CC(C)(C)C(=O)/C=c1\[nH]c(=O)/c(=C\c2ccc(Cl)cc2)s1. The molecular formula is C16H16ClNO2S. The van der Waals surface area contributed by atoms with Gasteiger partial charge in [0.15, 0.2) is 5.78 Å². The molecule has 1 aromatic carbocycles. The number of carbonyl (C=O) groups is 1. The minimum Gasteiger partial charge on any atom is -0.313 e. The topological polar surface area (TPSA) is 49.9 Å². The molecule has 0 aliphatic rings. The summed E-state index contributed by atoms with van der Waals surface area (Å²) in [7, 11) is 0. The summed E-state index contributed by atoms with van der Waals surface area (Å²) in [5, 5.41) is 0.650. The van der Waals surface area contributed by atoms with E-state index < -0.39 is 5.41 Å². The van der Waals surface area contributed by atoms with E-state index in [2.05, 4.69) is 4.98 Å². The Balaban J connectivity index is 2.45. The number of nitrogens with one attached hydrogen (secondary N) is 1. The fourth-order valence-electron chi connectivity index (χ4n) is 1.57. The second kappa shape index (κ2) is 6.00. The van der Waals surface area contributed by atoms with E-state index in [1.807, 2.05) is 32.9 Å². The molecule has 1 heterocycles. The first-order chi connectivity index (χ1) is 9.75. The first-order valence-electron chi connectivity index (χ1n) is 6.48. The number of halogens is 1. The molecule has 2 rings (SSSR count). The molecule has 1 aromatic heterocycles. The Hall–Kier alpha value is -1.65. The van der Waals surface area contributed by atoms with Crippen molar-refractivity contribution in [1.29, 1.82) is 0 Å². The Morgan fingerprint density at radius 3 is 2.43 bits per heavy atom. The van der Waals surface area contributed by atoms with Crippen molar-refractivity contribution in [1.82, 2.24) is 4.98 Å². The summed E-state index contributed by atoms with van der Waals surface area (Å²) in [5.41, 5.74) is 0.240. The van der Waals surface area contributed by atoms with E-state index in [1.165, 1.54) is 17.4 Å². The Morgan fingerprint density at radius 2 is 1.86 bits per heavy atom. The van der Waals surface area contributed by atoms with Gasteiger partial charge in [0.2, 0.25) is 0 Å². The third kappa shape index (κ3) is 4.16. The lowest BCUT2D eigenvalue weighted by Crippen LogP contribution is -2.22. The first-order valence-corrected chi connectivity index (χ1v) is 7.68. The maximum absolute atomic E-state index is 12.0. The summed E-state index contributed by atoms with van der Waals surface area (Å²) >= 11 is 7.10. The van der Waals surface area contributed by atoms with Crippen LogP contribution in [0.2, 0.25) is 5.02 Å². The first kappa shape index (κ1) is 15.7. The molecule has 1 N–H and O–H groups in total. The number of benzene rings is 1. The molecule has 0 amide bonds. The lowest BCUT2D eigenvalue weighted by molar-refractivity contribution is -0.119. The summed E-state index contributed by atoms with van der Waals surface area (Å²) in [4.78, 5) is 26.6. The number of carbonyl (C=O) groups excluding carboxylic acids is 1. The zero-order valence-corrected chi connectivity index (χ0v) is 13.6. The lowest BCUT2D eigenvalue weighted by Gasteiger charge is -2.12. The van der Waals surface area contributed by atoms with E-state index in [1.54, 1.807) is 18.2 Å². The van der Waals surface area contributed by atoms with Crippen molar-refractivity contribution in [2.24, 2.45) is 5.41 Å². The van der Waals surface area contributed by atoms with Crippen LogP contribution in [0.1, 0.15) is 26.3 Å². The maximum atomic E-state index is 12.0. The second-order valence-corrected chi connectivity index (χ2v) is 7.26. The standard InChI is InChI=1S/C16H16ClNO2S/c1-16(2,3)13(19)9-14-18-15(20)12(21-14)8-10-4-6-11(17)7-5-10/h4-9H,1-3H3,(H,18,20)/b12-8+,14-9+. The van der Waals surface area contributed by atoms with Gasteiger partial charge >= 0.3 is 0 Å². The maximum Gasteiger partial charge on any atom is 0.266 e. The summed E-state index contributed by atoms with van der Waals surface area (Å²) < 4.78 is 1.13. The number of H-pyrrole nitrogens is 1. The van der Waals surface area contributed by atoms with Gasteiger partial charge in [0.25, 0.3) is 5.56 Å². The van der Waals surface area contributed by atoms with Gasteiger partial charge in [-0.3, -0.25) is 9.59 Å². The smallest absolute Gasteiger partial charge is 0.266 e. The molecule has 0 aliphatic heterocycles. The van der Waals surface area contributed by atoms with Crippen LogP contribution in [0.4, 0.5) is 0 Å². The van der Waals surface area contributed by atoms with Crippen molar-refractivity contribution in [3.8, 4) is 0 Å². The van der Waals surface area contributed by atoms with Crippen molar-refractivity contribution >= 4 is 40.9 Å². The van der Waals surface area contributed by atoms with Crippen molar-refractivity contribution in [3.63, 3.8) is 0 Å². The van der Waals surface area contributed by atoms with E-state index in [0.29, 0.717) is 14.2 Å². The average Bonchev–Trinajstić information content (AvgIpc) is 2.71. The molecule has 21 heavy (non-hydrogen) atoms.